The summed E-state index contributed by atoms with van der Waals surface area (Å²) in [5.74, 6) is -0.619. The van der Waals surface area contributed by atoms with Gasteiger partial charge in [0.15, 0.2) is 0 Å². The van der Waals surface area contributed by atoms with Gasteiger partial charge in [-0.05, 0) is 49.7 Å². The molecule has 1 unspecified atom stereocenters. The van der Waals surface area contributed by atoms with Gasteiger partial charge in [0.05, 0.1) is 12.6 Å². The van der Waals surface area contributed by atoms with Crippen LogP contribution in [0.2, 0.25) is 0 Å². The molecule has 168 valence electrons. The van der Waals surface area contributed by atoms with Crippen molar-refractivity contribution in [3.63, 3.8) is 0 Å². The van der Waals surface area contributed by atoms with Gasteiger partial charge in [-0.3, -0.25) is 14.4 Å². The Hall–Kier alpha value is -2.41. The van der Waals surface area contributed by atoms with Gasteiger partial charge in [0, 0.05) is 12.3 Å². The van der Waals surface area contributed by atoms with Crippen LogP contribution in [-0.2, 0) is 25.5 Å². The lowest BCUT2D eigenvalue weighted by Crippen LogP contribution is -2.55. The molecule has 0 bridgehead atoms. The van der Waals surface area contributed by atoms with Crippen molar-refractivity contribution in [2.24, 2.45) is 5.92 Å². The smallest absolute Gasteiger partial charge is 0.247 e. The van der Waals surface area contributed by atoms with E-state index in [4.69, 9.17) is 4.74 Å². The summed E-state index contributed by atoms with van der Waals surface area (Å²) in [4.78, 5) is 40.6. The van der Waals surface area contributed by atoms with Gasteiger partial charge in [0.25, 0.3) is 0 Å². The molecule has 0 spiro atoms. The number of nitrogens with one attached hydrogen (secondary N) is 2. The molecular formula is C24H33N3O4. The number of hydrogen-bond acceptors (Lipinski definition) is 4. The molecule has 7 nitrogen and oxygen atoms in total. The minimum atomic E-state index is -0.643. The highest BCUT2D eigenvalue weighted by atomic mass is 16.5. The predicted octanol–water partition coefficient (Wildman–Crippen LogP) is 2.45. The summed E-state index contributed by atoms with van der Waals surface area (Å²) in [6, 6.07) is 7.01. The normalized spacial score (nSPS) is 28.8. The van der Waals surface area contributed by atoms with E-state index < -0.39 is 18.3 Å². The fourth-order valence-corrected chi connectivity index (χ4v) is 4.93. The van der Waals surface area contributed by atoms with Crippen LogP contribution in [0.1, 0.15) is 69.5 Å². The Bertz CT molecular complexity index is 842. The Balaban J connectivity index is 1.47. The Morgan fingerprint density at radius 3 is 2.74 bits per heavy atom. The van der Waals surface area contributed by atoms with Crippen LogP contribution in [0.15, 0.2) is 24.3 Å². The minimum Gasteiger partial charge on any atom is -0.358 e. The van der Waals surface area contributed by atoms with E-state index in [0.29, 0.717) is 32.3 Å². The molecule has 1 aromatic rings. The molecule has 5 atom stereocenters. The van der Waals surface area contributed by atoms with E-state index in [-0.39, 0.29) is 29.7 Å². The first-order valence-corrected chi connectivity index (χ1v) is 11.6. The molecule has 0 saturated carbocycles. The summed E-state index contributed by atoms with van der Waals surface area (Å²) in [6.07, 6.45) is 4.92. The Labute approximate surface area is 183 Å². The molecule has 7 heteroatoms. The standard InChI is InChI=1S/C24H33N3O4/c1-3-15(2)22(28)26-19-13-14-31-21-12-11-20(27(21)24(19)30)23(29)25-18-10-6-8-16-7-4-5-9-17(16)18/h4-5,7,9,15,18-21H,3,6,8,10-14H2,1-2H3,(H,25,29)(H,26,28)/t15-,18-,19+,20?,21+/m1/s1. The summed E-state index contributed by atoms with van der Waals surface area (Å²) >= 11 is 0. The van der Waals surface area contributed by atoms with Crippen LogP contribution in [0, 0.1) is 5.92 Å². The summed E-state index contributed by atoms with van der Waals surface area (Å²) in [7, 11) is 0. The maximum Gasteiger partial charge on any atom is 0.247 e. The number of amides is 3. The van der Waals surface area contributed by atoms with Crippen molar-refractivity contribution >= 4 is 17.7 Å². The van der Waals surface area contributed by atoms with Crippen molar-refractivity contribution in [3.05, 3.63) is 35.4 Å². The molecule has 2 fully saturated rings. The highest BCUT2D eigenvalue weighted by Gasteiger charge is 2.46. The number of rotatable bonds is 5. The lowest BCUT2D eigenvalue weighted by atomic mass is 9.87. The van der Waals surface area contributed by atoms with Crippen molar-refractivity contribution in [2.75, 3.05) is 6.61 Å². The fraction of sp³-hybridized carbons (Fsp3) is 0.625. The van der Waals surface area contributed by atoms with Crippen LogP contribution >= 0.6 is 0 Å². The number of benzene rings is 1. The van der Waals surface area contributed by atoms with E-state index in [1.54, 1.807) is 4.90 Å². The molecule has 31 heavy (non-hydrogen) atoms. The zero-order chi connectivity index (χ0) is 22.0. The van der Waals surface area contributed by atoms with Crippen LogP contribution in [0.5, 0.6) is 0 Å². The highest BCUT2D eigenvalue weighted by Crippen LogP contribution is 2.32. The molecule has 4 rings (SSSR count). The average molecular weight is 428 g/mol. The second kappa shape index (κ2) is 9.39. The monoisotopic (exact) mass is 427 g/mol. The summed E-state index contributed by atoms with van der Waals surface area (Å²) in [5, 5.41) is 6.08. The third-order valence-electron chi connectivity index (χ3n) is 6.97. The highest BCUT2D eigenvalue weighted by molar-refractivity contribution is 5.93. The van der Waals surface area contributed by atoms with Gasteiger partial charge in [-0.25, -0.2) is 0 Å². The van der Waals surface area contributed by atoms with Crippen molar-refractivity contribution in [1.29, 1.82) is 0 Å². The molecule has 1 aromatic carbocycles. The van der Waals surface area contributed by atoms with Crippen LogP contribution in [0.4, 0.5) is 0 Å². The van der Waals surface area contributed by atoms with Crippen LogP contribution in [-0.4, -0.2) is 47.5 Å². The van der Waals surface area contributed by atoms with Gasteiger partial charge in [-0.2, -0.15) is 0 Å². The lowest BCUT2D eigenvalue weighted by molar-refractivity contribution is -0.149. The second-order valence-electron chi connectivity index (χ2n) is 8.98. The molecule has 2 heterocycles. The molecule has 2 aliphatic heterocycles. The Morgan fingerprint density at radius 1 is 1.13 bits per heavy atom. The first-order valence-electron chi connectivity index (χ1n) is 11.6. The minimum absolute atomic E-state index is 0.0274. The third-order valence-corrected chi connectivity index (χ3v) is 6.97. The number of carbonyl (C=O) groups excluding carboxylic acids is 3. The second-order valence-corrected chi connectivity index (χ2v) is 8.98. The summed E-state index contributed by atoms with van der Waals surface area (Å²) < 4.78 is 5.90. The number of ether oxygens (including phenoxy) is 1. The van der Waals surface area contributed by atoms with Gasteiger partial charge >= 0.3 is 0 Å². The third kappa shape index (κ3) is 4.47. The Morgan fingerprint density at radius 2 is 1.94 bits per heavy atom. The van der Waals surface area contributed by atoms with Gasteiger partial charge in [-0.1, -0.05) is 38.1 Å². The van der Waals surface area contributed by atoms with Crippen LogP contribution < -0.4 is 10.6 Å². The quantitative estimate of drug-likeness (QED) is 0.756. The largest absolute Gasteiger partial charge is 0.358 e. The van der Waals surface area contributed by atoms with Crippen LogP contribution in [0.3, 0.4) is 0 Å². The van der Waals surface area contributed by atoms with E-state index >= 15 is 0 Å². The Kier molecular flexibility index (Phi) is 6.60. The van der Waals surface area contributed by atoms with Gasteiger partial charge in [-0.15, -0.1) is 0 Å². The van der Waals surface area contributed by atoms with Crippen molar-refractivity contribution in [2.45, 2.75) is 83.1 Å². The molecule has 1 aliphatic carbocycles. The van der Waals surface area contributed by atoms with Crippen molar-refractivity contribution < 1.29 is 19.1 Å². The molecule has 3 amide bonds. The lowest BCUT2D eigenvalue weighted by Gasteiger charge is -2.32. The topological polar surface area (TPSA) is 87.7 Å². The van der Waals surface area contributed by atoms with E-state index in [0.717, 1.165) is 19.3 Å². The van der Waals surface area contributed by atoms with Gasteiger partial charge in [0.2, 0.25) is 17.7 Å². The first-order chi connectivity index (χ1) is 15.0. The molecule has 2 N–H and O–H groups in total. The molecule has 3 aliphatic rings. The van der Waals surface area contributed by atoms with E-state index in [2.05, 4.69) is 22.8 Å². The summed E-state index contributed by atoms with van der Waals surface area (Å²) in [5.41, 5.74) is 2.46. The zero-order valence-electron chi connectivity index (χ0n) is 18.4. The number of hydrogen-bond donors (Lipinski definition) is 2. The predicted molar refractivity (Wildman–Crippen MR) is 116 cm³/mol. The van der Waals surface area contributed by atoms with Crippen molar-refractivity contribution in [3.8, 4) is 0 Å². The van der Waals surface area contributed by atoms with E-state index in [1.807, 2.05) is 26.0 Å². The molecule has 0 radical (unpaired) electrons. The van der Waals surface area contributed by atoms with Gasteiger partial charge < -0.3 is 20.3 Å². The van der Waals surface area contributed by atoms with E-state index in [9.17, 15) is 14.4 Å². The maximum atomic E-state index is 13.3. The molecular weight excluding hydrogens is 394 g/mol. The number of carbonyl (C=O) groups is 3. The van der Waals surface area contributed by atoms with Gasteiger partial charge in [0.1, 0.15) is 18.3 Å². The SMILES string of the molecule is CC[C@@H](C)C(=O)N[C@H]1CCO[C@H]2CCC(C(=O)N[C@@H]3CCCc4ccccc43)N2C1=O. The number of aryl methyl sites for hydroxylation is 1. The maximum absolute atomic E-state index is 13.3. The number of nitrogens with zero attached hydrogens (tertiary/aromatic N) is 1. The zero-order valence-corrected chi connectivity index (χ0v) is 18.4. The van der Waals surface area contributed by atoms with E-state index in [1.165, 1.54) is 11.1 Å². The van der Waals surface area contributed by atoms with Crippen LogP contribution in [0.25, 0.3) is 0 Å². The summed E-state index contributed by atoms with van der Waals surface area (Å²) in [6.45, 7) is 4.19. The number of fused-ring (bicyclic) bond motifs is 2. The molecule has 2 saturated heterocycles. The average Bonchev–Trinajstić information content (AvgIpc) is 3.15. The van der Waals surface area contributed by atoms with Crippen molar-refractivity contribution in [1.82, 2.24) is 15.5 Å². The molecule has 0 aromatic heterocycles. The fourth-order valence-electron chi connectivity index (χ4n) is 4.93. The first kappa shape index (κ1) is 21.8.